The summed E-state index contributed by atoms with van der Waals surface area (Å²) < 4.78 is 40.7. The van der Waals surface area contributed by atoms with Gasteiger partial charge in [0.25, 0.3) is 5.91 Å². The van der Waals surface area contributed by atoms with Gasteiger partial charge in [-0.1, -0.05) is 6.07 Å². The average molecular weight is 453 g/mol. The molecular weight excluding hydrogens is 432 g/mol. The lowest BCUT2D eigenvalue weighted by Crippen LogP contribution is -2.14. The Kier molecular flexibility index (Phi) is 6.24. The van der Waals surface area contributed by atoms with E-state index >= 15 is 0 Å². The van der Waals surface area contributed by atoms with Gasteiger partial charge in [0, 0.05) is 18.6 Å². The molecule has 10 heteroatoms. The van der Waals surface area contributed by atoms with Crippen LogP contribution in [0.5, 0.6) is 5.75 Å². The summed E-state index contributed by atoms with van der Waals surface area (Å²) in [6.45, 7) is 1.12. The highest BCUT2D eigenvalue weighted by atomic mass is 19.1. The van der Waals surface area contributed by atoms with Crippen molar-refractivity contribution in [3.05, 3.63) is 64.7 Å². The molecule has 1 amide bonds. The maximum Gasteiger partial charge on any atom is 0.252 e. The van der Waals surface area contributed by atoms with Gasteiger partial charge in [0.2, 0.25) is 0 Å². The van der Waals surface area contributed by atoms with Gasteiger partial charge in [0.05, 0.1) is 24.8 Å². The fraction of sp³-hybridized carbons (Fsp3) is 0.261. The molecule has 1 aliphatic heterocycles. The summed E-state index contributed by atoms with van der Waals surface area (Å²) in [6, 6.07) is 9.96. The summed E-state index contributed by atoms with van der Waals surface area (Å²) in [5, 5.41) is 14.0. The van der Waals surface area contributed by atoms with Crippen LogP contribution in [-0.4, -0.2) is 35.5 Å². The van der Waals surface area contributed by atoms with Crippen molar-refractivity contribution in [1.82, 2.24) is 9.78 Å². The van der Waals surface area contributed by atoms with E-state index < -0.39 is 17.5 Å². The fourth-order valence-electron chi connectivity index (χ4n) is 3.75. The van der Waals surface area contributed by atoms with Crippen molar-refractivity contribution < 1.29 is 23.0 Å². The Hall–Kier alpha value is -3.97. The number of carbonyl (C=O) groups is 1. The number of hydrogen-bond acceptors (Lipinski definition) is 6. The van der Waals surface area contributed by atoms with Crippen LogP contribution in [0.2, 0.25) is 0 Å². The van der Waals surface area contributed by atoms with Crippen LogP contribution in [0.3, 0.4) is 0 Å². The third kappa shape index (κ3) is 4.49. The number of nitrogen functional groups attached to an aromatic ring is 1. The monoisotopic (exact) mass is 453 g/mol. The zero-order valence-electron chi connectivity index (χ0n) is 17.6. The zero-order chi connectivity index (χ0) is 23.5. The molecule has 0 bridgehead atoms. The van der Waals surface area contributed by atoms with E-state index in [2.05, 4.69) is 5.10 Å². The molecule has 3 aromatic rings. The Morgan fingerprint density at radius 2 is 2.12 bits per heavy atom. The highest BCUT2D eigenvalue weighted by Crippen LogP contribution is 2.32. The Morgan fingerprint density at radius 1 is 1.30 bits per heavy atom. The van der Waals surface area contributed by atoms with Crippen molar-refractivity contribution in [2.75, 3.05) is 25.6 Å². The predicted molar refractivity (Wildman–Crippen MR) is 115 cm³/mol. The normalized spacial score (nSPS) is 15.4. The van der Waals surface area contributed by atoms with Crippen LogP contribution >= 0.6 is 0 Å². The number of anilines is 1. The number of carbonyl (C=O) groups excluding carboxylic acids is 1. The van der Waals surface area contributed by atoms with E-state index in [1.807, 2.05) is 6.07 Å². The van der Waals surface area contributed by atoms with E-state index in [4.69, 9.17) is 20.9 Å². The third-order valence-corrected chi connectivity index (χ3v) is 5.45. The van der Waals surface area contributed by atoms with Gasteiger partial charge in [-0.3, -0.25) is 4.79 Å². The molecule has 2 aromatic carbocycles. The SMILES string of the molecule is N#Cc1c(-c2ccc(CCOc3ccc(F)cc3C(N)=O)cc2F)nn(C2CCOC2)c1N. The largest absolute Gasteiger partial charge is 0.492 e. The number of aromatic nitrogens is 2. The number of primary amides is 1. The second-order valence-corrected chi connectivity index (χ2v) is 7.60. The van der Waals surface area contributed by atoms with E-state index in [1.165, 1.54) is 22.9 Å². The number of nitrogens with two attached hydrogens (primary N) is 2. The lowest BCUT2D eigenvalue weighted by Gasteiger charge is -2.10. The van der Waals surface area contributed by atoms with Gasteiger partial charge in [-0.2, -0.15) is 10.4 Å². The van der Waals surface area contributed by atoms with Crippen molar-refractivity contribution in [3.63, 3.8) is 0 Å². The van der Waals surface area contributed by atoms with E-state index in [-0.39, 0.29) is 46.6 Å². The average Bonchev–Trinajstić information content (AvgIpc) is 3.42. The van der Waals surface area contributed by atoms with Crippen molar-refractivity contribution in [1.29, 1.82) is 5.26 Å². The Labute approximate surface area is 188 Å². The first-order valence-electron chi connectivity index (χ1n) is 10.3. The third-order valence-electron chi connectivity index (χ3n) is 5.45. The lowest BCUT2D eigenvalue weighted by atomic mass is 10.0. The van der Waals surface area contributed by atoms with E-state index in [0.29, 0.717) is 31.6 Å². The fourth-order valence-corrected chi connectivity index (χ4v) is 3.75. The summed E-state index contributed by atoms with van der Waals surface area (Å²) >= 11 is 0. The Morgan fingerprint density at radius 3 is 2.79 bits per heavy atom. The standard InChI is InChI=1S/C23H21F2N5O3/c24-14-2-4-20(17(10-14)23(28)31)33-8-5-13-1-3-16(19(25)9-13)21-18(11-26)22(27)30(29-21)15-6-7-32-12-15/h1-4,9-10,15H,5-8,12,27H2,(H2,28,31). The molecule has 33 heavy (non-hydrogen) atoms. The van der Waals surface area contributed by atoms with Gasteiger partial charge in [-0.05, 0) is 42.3 Å². The molecule has 1 atom stereocenters. The van der Waals surface area contributed by atoms with Gasteiger partial charge in [-0.25, -0.2) is 13.5 Å². The van der Waals surface area contributed by atoms with Crippen LogP contribution in [-0.2, 0) is 11.2 Å². The first-order chi connectivity index (χ1) is 15.9. The number of halogens is 2. The van der Waals surface area contributed by atoms with E-state index in [9.17, 15) is 18.8 Å². The highest BCUT2D eigenvalue weighted by Gasteiger charge is 2.26. The number of hydrogen-bond donors (Lipinski definition) is 2. The molecule has 0 aliphatic carbocycles. The molecule has 2 heterocycles. The second kappa shape index (κ2) is 9.26. The quantitative estimate of drug-likeness (QED) is 0.566. The van der Waals surface area contributed by atoms with Gasteiger partial charge in [0.15, 0.2) is 0 Å². The smallest absolute Gasteiger partial charge is 0.252 e. The van der Waals surface area contributed by atoms with Gasteiger partial charge >= 0.3 is 0 Å². The Bertz CT molecular complexity index is 1250. The summed E-state index contributed by atoms with van der Waals surface area (Å²) in [5.74, 6) is -1.64. The second-order valence-electron chi connectivity index (χ2n) is 7.60. The van der Waals surface area contributed by atoms with E-state index in [0.717, 1.165) is 12.1 Å². The van der Waals surface area contributed by atoms with Gasteiger partial charge in [-0.15, -0.1) is 0 Å². The molecule has 1 aliphatic rings. The van der Waals surface area contributed by atoms with E-state index in [1.54, 1.807) is 6.07 Å². The van der Waals surface area contributed by atoms with Crippen LogP contribution in [0.15, 0.2) is 36.4 Å². The summed E-state index contributed by atoms with van der Waals surface area (Å²) in [6.07, 6.45) is 1.02. The van der Waals surface area contributed by atoms with Crippen molar-refractivity contribution in [2.45, 2.75) is 18.9 Å². The molecule has 0 saturated carbocycles. The molecular formula is C23H21F2N5O3. The first kappa shape index (κ1) is 22.2. The van der Waals surface area contributed by atoms with Crippen LogP contribution in [0.1, 0.15) is 33.9 Å². The van der Waals surface area contributed by atoms with Crippen LogP contribution in [0.4, 0.5) is 14.6 Å². The topological polar surface area (TPSA) is 129 Å². The van der Waals surface area contributed by atoms with Crippen LogP contribution in [0.25, 0.3) is 11.3 Å². The molecule has 170 valence electrons. The van der Waals surface area contributed by atoms with Crippen molar-refractivity contribution in [3.8, 4) is 23.1 Å². The molecule has 1 unspecified atom stereocenters. The van der Waals surface area contributed by atoms with Crippen molar-refractivity contribution >= 4 is 11.7 Å². The maximum absolute atomic E-state index is 15.0. The molecule has 4 rings (SSSR count). The van der Waals surface area contributed by atoms with Crippen LogP contribution in [0, 0.1) is 23.0 Å². The number of ether oxygens (including phenoxy) is 2. The van der Waals surface area contributed by atoms with Gasteiger partial charge < -0.3 is 20.9 Å². The molecule has 1 aromatic heterocycles. The minimum Gasteiger partial charge on any atom is -0.492 e. The molecule has 1 fully saturated rings. The van der Waals surface area contributed by atoms with Crippen molar-refractivity contribution in [2.24, 2.45) is 5.73 Å². The lowest BCUT2D eigenvalue weighted by molar-refractivity contribution is 0.0996. The maximum atomic E-state index is 15.0. The predicted octanol–water partition coefficient (Wildman–Crippen LogP) is 2.96. The molecule has 0 radical (unpaired) electrons. The minimum atomic E-state index is -0.809. The first-order valence-corrected chi connectivity index (χ1v) is 10.3. The number of amides is 1. The Balaban J connectivity index is 1.51. The number of nitrogens with zero attached hydrogens (tertiary/aromatic N) is 3. The number of benzene rings is 2. The zero-order valence-corrected chi connectivity index (χ0v) is 17.6. The van der Waals surface area contributed by atoms with Crippen LogP contribution < -0.4 is 16.2 Å². The summed E-state index contributed by atoms with van der Waals surface area (Å²) in [7, 11) is 0. The molecule has 1 saturated heterocycles. The molecule has 0 spiro atoms. The minimum absolute atomic E-state index is 0.0681. The highest BCUT2D eigenvalue weighted by molar-refractivity contribution is 5.95. The number of rotatable bonds is 7. The van der Waals surface area contributed by atoms with Gasteiger partial charge in [0.1, 0.15) is 40.5 Å². The molecule has 4 N–H and O–H groups in total. The summed E-state index contributed by atoms with van der Waals surface area (Å²) in [5.41, 5.74) is 12.4. The molecule has 8 nitrogen and oxygen atoms in total. The number of nitriles is 1. The summed E-state index contributed by atoms with van der Waals surface area (Å²) in [4.78, 5) is 11.5.